The van der Waals surface area contributed by atoms with Crippen molar-refractivity contribution in [2.45, 2.75) is 77.9 Å². The number of nitrogens with zero attached hydrogens (tertiary/aromatic N) is 2. The van der Waals surface area contributed by atoms with E-state index in [0.717, 1.165) is 50.9 Å². The van der Waals surface area contributed by atoms with Crippen molar-refractivity contribution in [3.63, 3.8) is 0 Å². The van der Waals surface area contributed by atoms with Crippen LogP contribution in [0.5, 0.6) is 0 Å². The summed E-state index contributed by atoms with van der Waals surface area (Å²) in [4.78, 5) is 40.5. The molecule has 0 aromatic carbocycles. The van der Waals surface area contributed by atoms with Gasteiger partial charge in [-0.1, -0.05) is 33.6 Å². The second kappa shape index (κ2) is 35.6. The van der Waals surface area contributed by atoms with E-state index in [-0.39, 0.29) is 37.4 Å². The van der Waals surface area contributed by atoms with Crippen molar-refractivity contribution in [3.8, 4) is 0 Å². The van der Waals surface area contributed by atoms with E-state index in [4.69, 9.17) is 54.5 Å². The van der Waals surface area contributed by atoms with Crippen LogP contribution in [0, 0.1) is 5.92 Å². The summed E-state index contributed by atoms with van der Waals surface area (Å²) in [5.74, 6) is 4.61. The van der Waals surface area contributed by atoms with Crippen LogP contribution in [-0.2, 0) is 52.3 Å². The summed E-state index contributed by atoms with van der Waals surface area (Å²) in [6.07, 6.45) is 5.24. The van der Waals surface area contributed by atoms with Crippen molar-refractivity contribution in [2.75, 3.05) is 125 Å². The number of hydrogen-bond acceptors (Lipinski definition) is 15. The molecule has 1 aliphatic rings. The highest BCUT2D eigenvalue weighted by Gasteiger charge is 2.25. The predicted octanol–water partition coefficient (Wildman–Crippen LogP) is 0.340. The van der Waals surface area contributed by atoms with Crippen molar-refractivity contribution in [2.24, 2.45) is 27.6 Å². The first-order valence-electron chi connectivity index (χ1n) is 19.8. The smallest absolute Gasteiger partial charge is 0.246 e. The van der Waals surface area contributed by atoms with Crippen LogP contribution in [0.1, 0.15) is 65.7 Å². The lowest BCUT2D eigenvalue weighted by Crippen LogP contribution is -2.47. The van der Waals surface area contributed by atoms with Crippen LogP contribution in [0.3, 0.4) is 0 Å². The molecule has 1 fully saturated rings. The number of ether oxygens (including phenoxy) is 8. The van der Waals surface area contributed by atoms with Gasteiger partial charge in [0.05, 0.1) is 105 Å². The molecule has 2 unspecified atom stereocenters. The van der Waals surface area contributed by atoms with E-state index in [1.54, 1.807) is 0 Å². The van der Waals surface area contributed by atoms with Gasteiger partial charge in [-0.05, 0) is 38.1 Å². The molecule has 1 aliphatic carbocycles. The lowest BCUT2D eigenvalue weighted by Gasteiger charge is -2.23. The number of nitrogens with one attached hydrogen (secondary N) is 3. The Morgan fingerprint density at radius 3 is 1.85 bits per heavy atom. The minimum absolute atomic E-state index is 0.0858. The fraction of sp³-hybridized carbons (Fsp3) is 0.865. The first kappa shape index (κ1) is 50.2. The monoisotopic (exact) mass is 790 g/mol. The fourth-order valence-corrected chi connectivity index (χ4v) is 5.19. The maximum absolute atomic E-state index is 12.5. The highest BCUT2D eigenvalue weighted by molar-refractivity contribution is 6.44. The molecule has 18 nitrogen and oxygen atoms in total. The molecule has 0 spiro atoms. The molecule has 0 heterocycles. The Labute approximate surface area is 327 Å². The van der Waals surface area contributed by atoms with Gasteiger partial charge in [0.25, 0.3) is 0 Å². The van der Waals surface area contributed by atoms with Gasteiger partial charge in [-0.15, -0.1) is 0 Å². The quantitative estimate of drug-likeness (QED) is 0.0331. The van der Waals surface area contributed by atoms with Crippen molar-refractivity contribution in [1.82, 2.24) is 16.0 Å². The Kier molecular flexibility index (Phi) is 32.5. The average molecular weight is 790 g/mol. The van der Waals surface area contributed by atoms with Gasteiger partial charge in [-0.25, -0.2) is 0 Å². The van der Waals surface area contributed by atoms with Gasteiger partial charge in [0, 0.05) is 19.5 Å². The molecule has 2 atom stereocenters. The summed E-state index contributed by atoms with van der Waals surface area (Å²) < 4.78 is 44.5. The molecule has 1 saturated carbocycles. The van der Waals surface area contributed by atoms with E-state index in [9.17, 15) is 14.4 Å². The van der Waals surface area contributed by atoms with Gasteiger partial charge >= 0.3 is 0 Å². The lowest BCUT2D eigenvalue weighted by molar-refractivity contribution is -0.129. The molecule has 7 N–H and O–H groups in total. The van der Waals surface area contributed by atoms with Crippen LogP contribution in [0.2, 0.25) is 0 Å². The number of primary amides is 1. The Morgan fingerprint density at radius 1 is 0.727 bits per heavy atom. The molecule has 0 saturated heterocycles. The molecule has 320 valence electrons. The van der Waals surface area contributed by atoms with Gasteiger partial charge in [-0.2, -0.15) is 5.10 Å². The van der Waals surface area contributed by atoms with Gasteiger partial charge < -0.3 is 65.4 Å². The Hall–Kier alpha value is -2.81. The molecule has 3 amide bonds. The predicted molar refractivity (Wildman–Crippen MR) is 209 cm³/mol. The van der Waals surface area contributed by atoms with Crippen LogP contribution >= 0.6 is 0 Å². The minimum Gasteiger partial charge on any atom is -0.379 e. The summed E-state index contributed by atoms with van der Waals surface area (Å²) >= 11 is 0. The first-order chi connectivity index (χ1) is 26.8. The van der Waals surface area contributed by atoms with E-state index in [1.165, 1.54) is 0 Å². The lowest BCUT2D eigenvalue weighted by atomic mass is 9.95. The maximum Gasteiger partial charge on any atom is 0.246 e. The molecule has 0 radical (unpaired) electrons. The Balaban J connectivity index is 2.08. The van der Waals surface area contributed by atoms with Crippen molar-refractivity contribution in [3.05, 3.63) is 0 Å². The molecule has 0 aromatic rings. The molecular weight excluding hydrogens is 718 g/mol. The minimum atomic E-state index is -0.694. The number of hydrazone groups is 1. The molecule has 55 heavy (non-hydrogen) atoms. The largest absolute Gasteiger partial charge is 0.379 e. The number of carbonyl (C=O) groups is 3. The average Bonchev–Trinajstić information content (AvgIpc) is 3.15. The Bertz CT molecular complexity index is 1050. The van der Waals surface area contributed by atoms with Crippen LogP contribution < -0.4 is 27.5 Å². The molecule has 0 bridgehead atoms. The molecule has 1 rings (SSSR count). The van der Waals surface area contributed by atoms with E-state index < -0.39 is 18.1 Å². The third kappa shape index (κ3) is 28.3. The topological polar surface area (TPSA) is 238 Å². The highest BCUT2D eigenvalue weighted by Crippen LogP contribution is 2.17. The summed E-state index contributed by atoms with van der Waals surface area (Å²) in [6, 6.07) is -0.694. The third-order valence-electron chi connectivity index (χ3n) is 8.12. The van der Waals surface area contributed by atoms with Gasteiger partial charge in [0.1, 0.15) is 24.5 Å². The zero-order valence-corrected chi connectivity index (χ0v) is 33.7. The van der Waals surface area contributed by atoms with Crippen LogP contribution in [0.25, 0.3) is 0 Å². The number of aliphatic imine (C=N–C) groups is 1. The van der Waals surface area contributed by atoms with E-state index in [2.05, 4.69) is 28.0 Å². The number of carbonyl (C=O) groups excluding carboxylic acids is 3. The number of nitrogens with two attached hydrogens (primary N) is 2. The van der Waals surface area contributed by atoms with Crippen molar-refractivity contribution >= 4 is 29.1 Å². The second-order valence-corrected chi connectivity index (χ2v) is 13.1. The summed E-state index contributed by atoms with van der Waals surface area (Å²) in [7, 11) is 0. The number of amides is 3. The molecule has 0 aromatic heterocycles. The third-order valence-corrected chi connectivity index (χ3v) is 8.12. The molecule has 0 aliphatic heterocycles. The summed E-state index contributed by atoms with van der Waals surface area (Å²) in [6.45, 7) is 14.2. The van der Waals surface area contributed by atoms with Crippen molar-refractivity contribution < 1.29 is 52.3 Å². The highest BCUT2D eigenvalue weighted by atomic mass is 16.6. The number of hydrogen-bond donors (Lipinski definition) is 5. The van der Waals surface area contributed by atoms with Crippen LogP contribution in [0.4, 0.5) is 0 Å². The maximum atomic E-state index is 12.5. The summed E-state index contributed by atoms with van der Waals surface area (Å²) in [5, 5.41) is 12.7. The van der Waals surface area contributed by atoms with E-state index >= 15 is 0 Å². The normalized spacial score (nSPS) is 17.0. The van der Waals surface area contributed by atoms with Crippen LogP contribution in [-0.4, -0.2) is 167 Å². The fourth-order valence-electron chi connectivity index (χ4n) is 5.19. The zero-order chi connectivity index (χ0) is 40.2. The van der Waals surface area contributed by atoms with Crippen molar-refractivity contribution in [1.29, 1.82) is 0 Å². The van der Waals surface area contributed by atoms with Gasteiger partial charge in [0.2, 0.25) is 17.7 Å². The molecular formula is C37H71N7O11. The van der Waals surface area contributed by atoms with Gasteiger partial charge in [0.15, 0.2) is 0 Å². The second-order valence-electron chi connectivity index (χ2n) is 13.1. The van der Waals surface area contributed by atoms with E-state index in [1.807, 2.05) is 13.8 Å². The standard InChI is InChI=1S/C37H71N7O11/c1-4-11-40-12-16-49-20-24-53-25-21-50-17-13-41-31-8-6-5-7-9-32(36(31)44-39)55-29-34(46)42-14-18-51-22-26-54-28-27-52-23-19-48-15-10-33(45)43-35(30(2)3)37(38)47/h30,32,35,40H,4-29,39H2,1-3H3,(H2,38,47)(H,42,46)(H,43,45)/b41-31?,44-36+. The number of rotatable bonds is 35. The first-order valence-corrected chi connectivity index (χ1v) is 19.8. The Morgan fingerprint density at radius 2 is 1.29 bits per heavy atom. The molecule has 18 heteroatoms. The zero-order valence-electron chi connectivity index (χ0n) is 33.7. The SMILES string of the molecule is CCCNCCOCCOCCOCCN=C1CCCCCC(OCC(=O)NCCOCCOCCOCCOCCC(=O)NC(C(N)=O)C(C)C)/C1=N/N. The van der Waals surface area contributed by atoms with Gasteiger partial charge in [-0.3, -0.25) is 19.4 Å². The summed E-state index contributed by atoms with van der Waals surface area (Å²) in [5.41, 5.74) is 6.69. The van der Waals surface area contributed by atoms with E-state index in [0.29, 0.717) is 111 Å². The van der Waals surface area contributed by atoms with Crippen LogP contribution in [0.15, 0.2) is 10.1 Å².